The molecule has 1 aliphatic heterocycles. The summed E-state index contributed by atoms with van der Waals surface area (Å²) in [6, 6.07) is 21.0. The van der Waals surface area contributed by atoms with E-state index in [4.69, 9.17) is 14.5 Å². The average Bonchev–Trinajstić information content (AvgIpc) is 3.36. The number of sulfonamides is 1. The van der Waals surface area contributed by atoms with Gasteiger partial charge in [-0.25, -0.2) is 17.8 Å². The van der Waals surface area contributed by atoms with Crippen LogP contribution in [0, 0.1) is 5.82 Å². The first-order valence-corrected chi connectivity index (χ1v) is 14.6. The zero-order valence-electron chi connectivity index (χ0n) is 20.9. The normalized spacial score (nSPS) is 15.1. The summed E-state index contributed by atoms with van der Waals surface area (Å²) < 4.78 is 53.7. The summed E-state index contributed by atoms with van der Waals surface area (Å²) in [5.74, 6) is 0.493. The van der Waals surface area contributed by atoms with Gasteiger partial charge >= 0.3 is 0 Å². The van der Waals surface area contributed by atoms with E-state index in [2.05, 4.69) is 4.57 Å². The van der Waals surface area contributed by atoms with Gasteiger partial charge in [-0.3, -0.25) is 0 Å². The molecule has 5 rings (SSSR count). The van der Waals surface area contributed by atoms with Gasteiger partial charge in [-0.1, -0.05) is 24.3 Å². The van der Waals surface area contributed by atoms with Crippen LogP contribution in [0.2, 0.25) is 0 Å². The fourth-order valence-electron chi connectivity index (χ4n) is 4.26. The highest BCUT2D eigenvalue weighted by molar-refractivity contribution is 7.89. The van der Waals surface area contributed by atoms with Crippen molar-refractivity contribution >= 4 is 27.0 Å². The summed E-state index contributed by atoms with van der Waals surface area (Å²) in [6.07, 6.45) is 0.758. The zero-order valence-corrected chi connectivity index (χ0v) is 22.6. The number of aryl methyl sites for hydroxylation is 1. The molecule has 0 saturated carbocycles. The lowest BCUT2D eigenvalue weighted by Gasteiger charge is -2.26. The summed E-state index contributed by atoms with van der Waals surface area (Å²) in [4.78, 5) is 5.80. The van der Waals surface area contributed by atoms with E-state index in [-0.39, 0.29) is 10.7 Å². The van der Waals surface area contributed by atoms with Gasteiger partial charge in [0.05, 0.1) is 36.6 Å². The number of ether oxygens (including phenoxy) is 2. The predicted molar refractivity (Wildman–Crippen MR) is 146 cm³/mol. The van der Waals surface area contributed by atoms with Crippen molar-refractivity contribution in [3.05, 3.63) is 94.4 Å². The second kappa shape index (κ2) is 11.6. The summed E-state index contributed by atoms with van der Waals surface area (Å²) >= 11 is 1.49. The SMILES string of the molecule is COc1ccc(CCn2c(-c3ccc(S(=O)(=O)N4CCOCC4)cc3)csc2=Nc2ccc(F)cc2)cc1. The van der Waals surface area contributed by atoms with E-state index in [1.165, 1.54) is 27.8 Å². The Morgan fingerprint density at radius 1 is 0.974 bits per heavy atom. The molecule has 2 heterocycles. The number of halogens is 1. The molecule has 10 heteroatoms. The van der Waals surface area contributed by atoms with Crippen molar-refractivity contribution in [3.8, 4) is 17.0 Å². The molecular weight excluding hydrogens is 525 g/mol. The van der Waals surface area contributed by atoms with Gasteiger partial charge in [0.25, 0.3) is 0 Å². The maximum Gasteiger partial charge on any atom is 0.243 e. The highest BCUT2D eigenvalue weighted by Crippen LogP contribution is 2.25. The Kier molecular flexibility index (Phi) is 8.04. The summed E-state index contributed by atoms with van der Waals surface area (Å²) in [5, 5.41) is 2.02. The first kappa shape index (κ1) is 26.3. The largest absolute Gasteiger partial charge is 0.497 e. The van der Waals surface area contributed by atoms with Crippen molar-refractivity contribution in [1.82, 2.24) is 8.87 Å². The molecule has 3 aromatic carbocycles. The van der Waals surface area contributed by atoms with Crippen LogP contribution in [0.1, 0.15) is 5.56 Å². The van der Waals surface area contributed by atoms with Crippen molar-refractivity contribution in [3.63, 3.8) is 0 Å². The zero-order chi connectivity index (χ0) is 26.5. The lowest BCUT2D eigenvalue weighted by atomic mass is 10.1. The molecule has 0 amide bonds. The summed E-state index contributed by atoms with van der Waals surface area (Å²) in [5.41, 5.74) is 3.62. The van der Waals surface area contributed by atoms with Crippen molar-refractivity contribution in [2.24, 2.45) is 4.99 Å². The van der Waals surface area contributed by atoms with Crippen molar-refractivity contribution in [1.29, 1.82) is 0 Å². The third-order valence-electron chi connectivity index (χ3n) is 6.39. The molecule has 0 spiro atoms. The maximum absolute atomic E-state index is 13.4. The maximum atomic E-state index is 13.4. The third kappa shape index (κ3) is 5.88. The number of nitrogens with zero attached hydrogens (tertiary/aromatic N) is 3. The van der Waals surface area contributed by atoms with E-state index >= 15 is 0 Å². The highest BCUT2D eigenvalue weighted by Gasteiger charge is 2.26. The van der Waals surface area contributed by atoms with Crippen LogP contribution in [-0.2, 0) is 27.7 Å². The van der Waals surface area contributed by atoms with Gasteiger partial charge in [-0.05, 0) is 66.1 Å². The van der Waals surface area contributed by atoms with Gasteiger partial charge in [-0.2, -0.15) is 4.31 Å². The van der Waals surface area contributed by atoms with Gasteiger partial charge in [-0.15, -0.1) is 11.3 Å². The smallest absolute Gasteiger partial charge is 0.243 e. The van der Waals surface area contributed by atoms with E-state index in [9.17, 15) is 12.8 Å². The first-order valence-electron chi connectivity index (χ1n) is 12.2. The number of aromatic nitrogens is 1. The van der Waals surface area contributed by atoms with E-state index in [0.717, 1.165) is 33.8 Å². The van der Waals surface area contributed by atoms with Gasteiger partial charge in [0.15, 0.2) is 4.80 Å². The molecule has 1 saturated heterocycles. The molecule has 4 aromatic rings. The number of methoxy groups -OCH3 is 1. The minimum atomic E-state index is -3.57. The Balaban J connectivity index is 1.47. The van der Waals surface area contributed by atoms with Crippen molar-refractivity contribution in [2.75, 3.05) is 33.4 Å². The van der Waals surface area contributed by atoms with Crippen molar-refractivity contribution in [2.45, 2.75) is 17.9 Å². The Hall–Kier alpha value is -3.31. The monoisotopic (exact) mass is 553 g/mol. The molecule has 1 fully saturated rings. The van der Waals surface area contributed by atoms with Crippen LogP contribution in [0.4, 0.5) is 10.1 Å². The van der Waals surface area contributed by atoms with Gasteiger partial charge in [0, 0.05) is 25.0 Å². The molecule has 1 aromatic heterocycles. The molecular formula is C28H28FN3O4S2. The number of hydrogen-bond donors (Lipinski definition) is 0. The van der Waals surface area contributed by atoms with Crippen LogP contribution in [0.5, 0.6) is 5.75 Å². The number of hydrogen-bond acceptors (Lipinski definition) is 6. The number of morpholine rings is 1. The molecule has 0 radical (unpaired) electrons. The predicted octanol–water partition coefficient (Wildman–Crippen LogP) is 4.86. The molecule has 1 aliphatic rings. The highest BCUT2D eigenvalue weighted by atomic mass is 32.2. The van der Waals surface area contributed by atoms with E-state index < -0.39 is 10.0 Å². The van der Waals surface area contributed by atoms with E-state index in [1.54, 1.807) is 31.4 Å². The summed E-state index contributed by atoms with van der Waals surface area (Å²) in [7, 11) is -1.93. The van der Waals surface area contributed by atoms with Crippen LogP contribution in [0.25, 0.3) is 11.3 Å². The number of thiazole rings is 1. The fraction of sp³-hybridized carbons (Fsp3) is 0.250. The molecule has 0 N–H and O–H groups in total. The minimum Gasteiger partial charge on any atom is -0.497 e. The van der Waals surface area contributed by atoms with Gasteiger partial charge < -0.3 is 14.0 Å². The summed E-state index contributed by atoms with van der Waals surface area (Å²) in [6.45, 7) is 2.17. The first-order chi connectivity index (χ1) is 18.4. The van der Waals surface area contributed by atoms with Crippen LogP contribution in [0.3, 0.4) is 0 Å². The topological polar surface area (TPSA) is 73.1 Å². The van der Waals surface area contributed by atoms with Gasteiger partial charge in [0.2, 0.25) is 10.0 Å². The van der Waals surface area contributed by atoms with Crippen LogP contribution in [-0.4, -0.2) is 50.7 Å². The molecule has 198 valence electrons. The van der Waals surface area contributed by atoms with Crippen molar-refractivity contribution < 1.29 is 22.3 Å². The van der Waals surface area contributed by atoms with Gasteiger partial charge in [0.1, 0.15) is 11.6 Å². The standard InChI is InChI=1S/C28H28FN3O4S2/c1-35-25-10-2-21(3-11-25)14-15-32-27(20-37-28(32)30-24-8-6-23(29)7-9-24)22-4-12-26(13-5-22)38(33,34)31-16-18-36-19-17-31/h2-13,20H,14-19H2,1H3. The number of rotatable bonds is 8. The third-order valence-corrected chi connectivity index (χ3v) is 9.17. The second-order valence-electron chi connectivity index (χ2n) is 8.78. The number of benzene rings is 3. The molecule has 0 atom stereocenters. The second-order valence-corrected chi connectivity index (χ2v) is 11.6. The molecule has 7 nitrogen and oxygen atoms in total. The van der Waals surface area contributed by atoms with Crippen LogP contribution < -0.4 is 9.54 Å². The Labute approximate surface area is 225 Å². The average molecular weight is 554 g/mol. The van der Waals surface area contributed by atoms with E-state index in [1.807, 2.05) is 41.8 Å². The Bertz CT molecular complexity index is 1540. The molecule has 0 aliphatic carbocycles. The van der Waals surface area contributed by atoms with Crippen LogP contribution >= 0.6 is 11.3 Å². The molecule has 0 unspecified atom stereocenters. The molecule has 38 heavy (non-hydrogen) atoms. The van der Waals surface area contributed by atoms with Crippen LogP contribution in [0.15, 0.2) is 88.1 Å². The Morgan fingerprint density at radius 3 is 2.32 bits per heavy atom. The fourth-order valence-corrected chi connectivity index (χ4v) is 6.62. The lowest BCUT2D eigenvalue weighted by molar-refractivity contribution is 0.0730. The quantitative estimate of drug-likeness (QED) is 0.312. The minimum absolute atomic E-state index is 0.263. The molecule has 0 bridgehead atoms. The lowest BCUT2D eigenvalue weighted by Crippen LogP contribution is -2.40. The van der Waals surface area contributed by atoms with E-state index in [0.29, 0.717) is 38.5 Å². The Morgan fingerprint density at radius 2 is 1.66 bits per heavy atom.